The number of carbonyl (C=O) groups excluding carboxylic acids is 1. The molecule has 0 saturated carbocycles. The summed E-state index contributed by atoms with van der Waals surface area (Å²) in [5.74, 6) is 0.848. The molecular weight excluding hydrogens is 524 g/mol. The Hall–Kier alpha value is -4.69. The molecule has 0 aliphatic carbocycles. The van der Waals surface area contributed by atoms with Crippen LogP contribution in [0.3, 0.4) is 0 Å². The van der Waals surface area contributed by atoms with Gasteiger partial charge in [0.05, 0.1) is 20.1 Å². The fourth-order valence-corrected chi connectivity index (χ4v) is 3.31. The number of nitrogens with zero attached hydrogens (tertiary/aromatic N) is 5. The lowest BCUT2D eigenvalue weighted by molar-refractivity contribution is -0.140. The van der Waals surface area contributed by atoms with Crippen LogP contribution in [0.2, 0.25) is 0 Å². The molecule has 0 aliphatic rings. The number of allylic oxidation sites excluding steroid dienone is 4. The number of terminal acetylenes is 1. The van der Waals surface area contributed by atoms with E-state index in [9.17, 15) is 14.4 Å². The van der Waals surface area contributed by atoms with Crippen molar-refractivity contribution in [2.75, 3.05) is 18.3 Å². The highest BCUT2D eigenvalue weighted by molar-refractivity contribution is 6.17. The van der Waals surface area contributed by atoms with Gasteiger partial charge in [-0.25, -0.2) is 14.2 Å². The Morgan fingerprint density at radius 1 is 1.15 bits per heavy atom. The summed E-state index contributed by atoms with van der Waals surface area (Å²) in [5.41, 5.74) is -0.0180. The third-order valence-electron chi connectivity index (χ3n) is 5.12. The quantitative estimate of drug-likeness (QED) is 0.155. The molecule has 0 atom stereocenters. The lowest BCUT2D eigenvalue weighted by atomic mass is 10.2. The molecule has 0 aliphatic heterocycles. The monoisotopic (exact) mass is 552 g/mol. The van der Waals surface area contributed by atoms with Crippen LogP contribution in [0.15, 0.2) is 76.0 Å². The van der Waals surface area contributed by atoms with E-state index in [-0.39, 0.29) is 25.5 Å². The number of aromatic nitrogens is 5. The molecule has 0 fully saturated rings. The zero-order chi connectivity index (χ0) is 28.6. The third kappa shape index (κ3) is 9.28. The summed E-state index contributed by atoms with van der Waals surface area (Å²) >= 11 is 5.76. The highest BCUT2D eigenvalue weighted by Crippen LogP contribution is 2.22. The highest BCUT2D eigenvalue weighted by atomic mass is 35.5. The summed E-state index contributed by atoms with van der Waals surface area (Å²) in [6.07, 6.45) is 15.7. The predicted molar refractivity (Wildman–Crippen MR) is 149 cm³/mol. The fraction of sp³-hybridized carbons (Fsp3) is 0.259. The van der Waals surface area contributed by atoms with Crippen LogP contribution in [0.25, 0.3) is 0 Å². The van der Waals surface area contributed by atoms with Gasteiger partial charge in [-0.1, -0.05) is 18.2 Å². The molecule has 0 unspecified atom stereocenters. The van der Waals surface area contributed by atoms with E-state index in [2.05, 4.69) is 38.1 Å². The number of alkyl halides is 1. The number of carbonyl (C=O) groups is 1. The number of halogens is 1. The van der Waals surface area contributed by atoms with Crippen LogP contribution >= 0.6 is 11.6 Å². The summed E-state index contributed by atoms with van der Waals surface area (Å²) < 4.78 is 12.5. The molecule has 1 aromatic carbocycles. The first-order chi connectivity index (χ1) is 18.9. The van der Waals surface area contributed by atoms with Crippen LogP contribution in [0.5, 0.6) is 11.6 Å². The lowest BCUT2D eigenvalue weighted by Crippen LogP contribution is -2.43. The SMILES string of the molecule is C#C.C/C=C(\C=C/CCCl)Cn1c(Nc2ccc(Oc3cccnn3)cc2)nc(=O)n(CCC(=O)OC)c1=O. The first-order valence-electron chi connectivity index (χ1n) is 11.8. The molecule has 204 valence electrons. The Bertz CT molecular complexity index is 1410. The summed E-state index contributed by atoms with van der Waals surface area (Å²) in [5, 5.41) is 10.7. The van der Waals surface area contributed by atoms with Crippen LogP contribution < -0.4 is 21.4 Å². The molecule has 11 nitrogen and oxygen atoms in total. The van der Waals surface area contributed by atoms with Crippen molar-refractivity contribution in [3.63, 3.8) is 0 Å². The Morgan fingerprint density at radius 2 is 1.90 bits per heavy atom. The summed E-state index contributed by atoms with van der Waals surface area (Å²) in [6.45, 7) is 1.82. The molecule has 12 heteroatoms. The van der Waals surface area contributed by atoms with Crippen molar-refractivity contribution < 1.29 is 14.3 Å². The normalized spacial score (nSPS) is 10.9. The third-order valence-corrected chi connectivity index (χ3v) is 5.34. The summed E-state index contributed by atoms with van der Waals surface area (Å²) in [7, 11) is 1.24. The fourth-order valence-electron chi connectivity index (χ4n) is 3.18. The second-order valence-electron chi connectivity index (χ2n) is 7.62. The van der Waals surface area contributed by atoms with Gasteiger partial charge in [0.15, 0.2) is 0 Å². The van der Waals surface area contributed by atoms with Gasteiger partial charge in [-0.05, 0) is 49.2 Å². The first-order valence-corrected chi connectivity index (χ1v) is 12.3. The number of rotatable bonds is 12. The lowest BCUT2D eigenvalue weighted by Gasteiger charge is -2.16. The average molecular weight is 553 g/mol. The van der Waals surface area contributed by atoms with Crippen molar-refractivity contribution in [1.82, 2.24) is 24.3 Å². The van der Waals surface area contributed by atoms with Crippen molar-refractivity contribution in [2.24, 2.45) is 0 Å². The number of methoxy groups -OCH3 is 1. The maximum atomic E-state index is 13.3. The highest BCUT2D eigenvalue weighted by Gasteiger charge is 2.15. The molecule has 39 heavy (non-hydrogen) atoms. The molecule has 3 aromatic rings. The molecule has 2 heterocycles. The Labute approximate surface area is 230 Å². The Morgan fingerprint density at radius 3 is 2.51 bits per heavy atom. The number of benzene rings is 1. The van der Waals surface area contributed by atoms with Crippen molar-refractivity contribution in [3.8, 4) is 24.5 Å². The van der Waals surface area contributed by atoms with E-state index < -0.39 is 17.3 Å². The van der Waals surface area contributed by atoms with Crippen LogP contribution in [0.1, 0.15) is 19.8 Å². The topological polar surface area (TPSA) is 130 Å². The first kappa shape index (κ1) is 30.5. The van der Waals surface area contributed by atoms with Crippen LogP contribution in [-0.4, -0.2) is 43.3 Å². The number of esters is 1. The van der Waals surface area contributed by atoms with E-state index in [0.29, 0.717) is 29.6 Å². The van der Waals surface area contributed by atoms with Gasteiger partial charge in [0.2, 0.25) is 11.8 Å². The second-order valence-corrected chi connectivity index (χ2v) is 8.00. The average Bonchev–Trinajstić information content (AvgIpc) is 2.96. The largest absolute Gasteiger partial charge is 0.469 e. The molecule has 0 bridgehead atoms. The van der Waals surface area contributed by atoms with E-state index in [0.717, 1.165) is 10.1 Å². The van der Waals surface area contributed by atoms with Gasteiger partial charge >= 0.3 is 17.3 Å². The number of anilines is 2. The smallest absolute Gasteiger partial charge is 0.354 e. The standard InChI is InChI=1S/C25H27ClN6O5.C2H2/c1-3-18(7-4-5-14-26)17-32-23(29-24(34)31(25(32)35)16-13-22(33)36-2)28-19-9-11-20(12-10-19)37-21-8-6-15-27-30-21;1-2/h3-4,6-12,15H,5,13-14,16-17H2,1-2H3,(H,28,29,34);1-2H/b7-4-,18-3+;. The summed E-state index contributed by atoms with van der Waals surface area (Å²) in [6, 6.07) is 10.2. The van der Waals surface area contributed by atoms with Gasteiger partial charge < -0.3 is 14.8 Å². The molecule has 3 rings (SSSR count). The van der Waals surface area contributed by atoms with Gasteiger partial charge in [-0.2, -0.15) is 10.1 Å². The molecular formula is C27H29ClN6O5. The van der Waals surface area contributed by atoms with E-state index >= 15 is 0 Å². The minimum atomic E-state index is -0.782. The molecule has 0 saturated heterocycles. The van der Waals surface area contributed by atoms with Gasteiger partial charge in [-0.15, -0.1) is 29.5 Å². The number of nitrogens with one attached hydrogen (secondary N) is 1. The van der Waals surface area contributed by atoms with Gasteiger partial charge in [0, 0.05) is 30.4 Å². The maximum Gasteiger partial charge on any atom is 0.354 e. The van der Waals surface area contributed by atoms with Crippen molar-refractivity contribution in [1.29, 1.82) is 0 Å². The maximum absolute atomic E-state index is 13.3. The van der Waals surface area contributed by atoms with Gasteiger partial charge in [-0.3, -0.25) is 9.36 Å². The zero-order valence-corrected chi connectivity index (χ0v) is 22.4. The molecule has 2 aromatic heterocycles. The number of hydrogen-bond donors (Lipinski definition) is 1. The zero-order valence-electron chi connectivity index (χ0n) is 21.6. The molecule has 0 spiro atoms. The molecule has 1 N–H and O–H groups in total. The van der Waals surface area contributed by atoms with E-state index in [1.807, 2.05) is 25.2 Å². The summed E-state index contributed by atoms with van der Waals surface area (Å²) in [4.78, 5) is 41.7. The van der Waals surface area contributed by atoms with E-state index in [1.54, 1.807) is 42.6 Å². The predicted octanol–water partition coefficient (Wildman–Crippen LogP) is 3.67. The minimum Gasteiger partial charge on any atom is -0.469 e. The molecule has 0 radical (unpaired) electrons. The molecule has 0 amide bonds. The van der Waals surface area contributed by atoms with Gasteiger partial charge in [0.1, 0.15) is 5.75 Å². The number of hydrogen-bond acceptors (Lipinski definition) is 9. The Kier molecular flexibility index (Phi) is 12.7. The van der Waals surface area contributed by atoms with Crippen molar-refractivity contribution in [2.45, 2.75) is 32.9 Å². The Balaban J connectivity index is 0.00000260. The minimum absolute atomic E-state index is 0.0528. The van der Waals surface area contributed by atoms with E-state index in [4.69, 9.17) is 16.3 Å². The van der Waals surface area contributed by atoms with Gasteiger partial charge in [0.25, 0.3) is 0 Å². The van der Waals surface area contributed by atoms with Crippen molar-refractivity contribution in [3.05, 3.63) is 87.4 Å². The number of ether oxygens (including phenoxy) is 2. The van der Waals surface area contributed by atoms with Crippen molar-refractivity contribution >= 4 is 29.2 Å². The van der Waals surface area contributed by atoms with Crippen LogP contribution in [-0.2, 0) is 22.6 Å². The second kappa shape index (κ2) is 16.2. The van der Waals surface area contributed by atoms with Crippen LogP contribution in [0, 0.1) is 12.8 Å². The van der Waals surface area contributed by atoms with E-state index in [1.165, 1.54) is 11.7 Å². The van der Waals surface area contributed by atoms with Crippen LogP contribution in [0.4, 0.5) is 11.6 Å².